The number of nitrogens with one attached hydrogen (secondary N) is 1. The van der Waals surface area contributed by atoms with Gasteiger partial charge in [0.15, 0.2) is 0 Å². The zero-order valence-corrected chi connectivity index (χ0v) is 11.9. The van der Waals surface area contributed by atoms with Crippen molar-refractivity contribution in [2.75, 3.05) is 5.32 Å². The Kier molecular flexibility index (Phi) is 5.05. The third-order valence-corrected chi connectivity index (χ3v) is 3.87. The van der Waals surface area contributed by atoms with Gasteiger partial charge in [0.1, 0.15) is 0 Å². The van der Waals surface area contributed by atoms with Crippen LogP contribution in [0.4, 0.5) is 14.5 Å². The molecule has 0 amide bonds. The van der Waals surface area contributed by atoms with Crippen LogP contribution in [0.5, 0.6) is 0 Å². The van der Waals surface area contributed by atoms with Crippen LogP contribution in [-0.4, -0.2) is 24.0 Å². The summed E-state index contributed by atoms with van der Waals surface area (Å²) < 4.78 is 30.1. The molecule has 0 aromatic heterocycles. The lowest BCUT2D eigenvalue weighted by molar-refractivity contribution is -0.0337. The van der Waals surface area contributed by atoms with Gasteiger partial charge in [0.2, 0.25) is 0 Å². The minimum Gasteiger partial charge on any atom is -0.382 e. The van der Waals surface area contributed by atoms with Crippen LogP contribution < -0.4 is 5.32 Å². The molecule has 106 valence electrons. The number of hydrogen-bond donors (Lipinski definition) is 1. The highest BCUT2D eigenvalue weighted by molar-refractivity contribution is 7.99. The molecule has 1 N–H and O–H groups in total. The summed E-state index contributed by atoms with van der Waals surface area (Å²) in [5, 5.41) is 3.45. The average Bonchev–Trinajstić information content (AvgIpc) is 2.29. The van der Waals surface area contributed by atoms with Crippen molar-refractivity contribution in [1.29, 1.82) is 0 Å². The van der Waals surface area contributed by atoms with E-state index in [4.69, 9.17) is 4.74 Å². The van der Waals surface area contributed by atoms with Gasteiger partial charge in [-0.3, -0.25) is 0 Å². The van der Waals surface area contributed by atoms with E-state index in [9.17, 15) is 8.78 Å². The molecule has 0 saturated carbocycles. The van der Waals surface area contributed by atoms with Crippen LogP contribution in [0.25, 0.3) is 0 Å². The molecule has 2 rings (SSSR count). The molecule has 0 aliphatic carbocycles. The molecule has 1 aromatic carbocycles. The maximum absolute atomic E-state index is 12.2. The van der Waals surface area contributed by atoms with E-state index in [1.807, 2.05) is 12.1 Å². The molecule has 1 aliphatic heterocycles. The van der Waals surface area contributed by atoms with Crippen LogP contribution in [-0.2, 0) is 4.74 Å². The fraction of sp³-hybridized carbons (Fsp3) is 0.571. The predicted octanol–water partition coefficient (Wildman–Crippen LogP) is 4.37. The third kappa shape index (κ3) is 4.66. The Morgan fingerprint density at radius 1 is 1.16 bits per heavy atom. The van der Waals surface area contributed by atoms with E-state index in [2.05, 4.69) is 19.2 Å². The lowest BCUT2D eigenvalue weighted by Crippen LogP contribution is -2.36. The number of anilines is 1. The molecule has 1 aliphatic rings. The summed E-state index contributed by atoms with van der Waals surface area (Å²) in [5.41, 5.74) is 0.977. The molecular formula is C14H19F2NOS. The van der Waals surface area contributed by atoms with Gasteiger partial charge in [-0.05, 0) is 51.0 Å². The Morgan fingerprint density at radius 3 is 2.26 bits per heavy atom. The van der Waals surface area contributed by atoms with Gasteiger partial charge < -0.3 is 10.1 Å². The highest BCUT2D eigenvalue weighted by Crippen LogP contribution is 2.27. The Morgan fingerprint density at radius 2 is 1.74 bits per heavy atom. The summed E-state index contributed by atoms with van der Waals surface area (Å²) in [6.45, 7) is 4.15. The Hall–Kier alpha value is -0.810. The number of benzene rings is 1. The number of ether oxygens (including phenoxy) is 1. The molecule has 2 atom stereocenters. The van der Waals surface area contributed by atoms with Crippen LogP contribution in [0.3, 0.4) is 0 Å². The topological polar surface area (TPSA) is 21.3 Å². The summed E-state index contributed by atoms with van der Waals surface area (Å²) in [6.07, 6.45) is 2.46. The van der Waals surface area contributed by atoms with Crippen molar-refractivity contribution >= 4 is 17.4 Å². The first kappa shape index (κ1) is 14.6. The second-order valence-corrected chi connectivity index (χ2v) is 6.04. The van der Waals surface area contributed by atoms with Gasteiger partial charge in [0.25, 0.3) is 5.76 Å². The third-order valence-electron chi connectivity index (χ3n) is 3.15. The number of halogens is 2. The summed E-state index contributed by atoms with van der Waals surface area (Å²) in [4.78, 5) is 0.592. The molecule has 5 heteroatoms. The number of thioether (sulfide) groups is 1. The largest absolute Gasteiger partial charge is 0.382 e. The monoisotopic (exact) mass is 287 g/mol. The molecule has 0 bridgehead atoms. The fourth-order valence-electron chi connectivity index (χ4n) is 2.49. The molecule has 19 heavy (non-hydrogen) atoms. The predicted molar refractivity (Wildman–Crippen MR) is 75.0 cm³/mol. The van der Waals surface area contributed by atoms with Crippen LogP contribution in [0.2, 0.25) is 0 Å². The minimum absolute atomic E-state index is 0.259. The van der Waals surface area contributed by atoms with Crippen LogP contribution in [0.15, 0.2) is 29.2 Å². The zero-order chi connectivity index (χ0) is 13.8. The summed E-state index contributed by atoms with van der Waals surface area (Å²) in [5.74, 6) is -2.36. The van der Waals surface area contributed by atoms with Crippen molar-refractivity contribution in [3.05, 3.63) is 24.3 Å². The van der Waals surface area contributed by atoms with E-state index < -0.39 is 5.76 Å². The van der Waals surface area contributed by atoms with Crippen LogP contribution in [0, 0.1) is 0 Å². The molecule has 0 spiro atoms. The van der Waals surface area contributed by atoms with Crippen LogP contribution >= 0.6 is 11.8 Å². The number of alkyl halides is 2. The molecule has 1 saturated heterocycles. The maximum atomic E-state index is 12.2. The zero-order valence-electron chi connectivity index (χ0n) is 11.1. The summed E-state index contributed by atoms with van der Waals surface area (Å²) in [6, 6.07) is 7.55. The quantitative estimate of drug-likeness (QED) is 0.831. The van der Waals surface area contributed by atoms with E-state index in [-0.39, 0.29) is 12.2 Å². The fourth-order valence-corrected chi connectivity index (χ4v) is 2.99. The van der Waals surface area contributed by atoms with E-state index in [0.717, 1.165) is 18.5 Å². The smallest absolute Gasteiger partial charge is 0.288 e. The maximum Gasteiger partial charge on any atom is 0.288 e. The van der Waals surface area contributed by atoms with Gasteiger partial charge in [0.05, 0.1) is 12.2 Å². The van der Waals surface area contributed by atoms with Crippen molar-refractivity contribution in [3.63, 3.8) is 0 Å². The Balaban J connectivity index is 1.92. The lowest BCUT2D eigenvalue weighted by Gasteiger charge is -2.33. The average molecular weight is 287 g/mol. The van der Waals surface area contributed by atoms with Gasteiger partial charge >= 0.3 is 0 Å². The van der Waals surface area contributed by atoms with Gasteiger partial charge in [-0.2, -0.15) is 8.78 Å². The van der Waals surface area contributed by atoms with Crippen LogP contribution in [0.1, 0.15) is 26.7 Å². The minimum atomic E-state index is -2.36. The second kappa shape index (κ2) is 6.57. The first-order chi connectivity index (χ1) is 9.02. The highest BCUT2D eigenvalue weighted by Gasteiger charge is 2.24. The molecule has 1 fully saturated rings. The number of hydrogen-bond acceptors (Lipinski definition) is 3. The molecule has 0 radical (unpaired) electrons. The molecule has 2 unspecified atom stereocenters. The highest BCUT2D eigenvalue weighted by atomic mass is 32.2. The van der Waals surface area contributed by atoms with Crippen molar-refractivity contribution in [3.8, 4) is 0 Å². The first-order valence-corrected chi connectivity index (χ1v) is 7.38. The number of rotatable bonds is 4. The van der Waals surface area contributed by atoms with Crippen molar-refractivity contribution in [2.45, 2.75) is 55.6 Å². The van der Waals surface area contributed by atoms with Gasteiger partial charge in [-0.15, -0.1) is 0 Å². The molecular weight excluding hydrogens is 268 g/mol. The Labute approximate surface area is 116 Å². The SMILES string of the molecule is CC1CC(Nc2ccc(SC(F)F)cc2)CC(C)O1. The van der Waals surface area contributed by atoms with Crippen molar-refractivity contribution in [1.82, 2.24) is 0 Å². The lowest BCUT2D eigenvalue weighted by atomic mass is 9.99. The second-order valence-electron chi connectivity index (χ2n) is 4.97. The van der Waals surface area contributed by atoms with E-state index in [1.54, 1.807) is 12.1 Å². The van der Waals surface area contributed by atoms with E-state index in [0.29, 0.717) is 22.7 Å². The van der Waals surface area contributed by atoms with Crippen molar-refractivity contribution < 1.29 is 13.5 Å². The summed E-state index contributed by atoms with van der Waals surface area (Å²) >= 11 is 0.573. The molecule has 1 heterocycles. The normalized spacial score (nSPS) is 27.5. The first-order valence-electron chi connectivity index (χ1n) is 6.50. The standard InChI is InChI=1S/C14H19F2NOS/c1-9-7-12(8-10(2)18-9)17-11-3-5-13(6-4-11)19-14(15)16/h3-6,9-10,12,14,17H,7-8H2,1-2H3. The van der Waals surface area contributed by atoms with E-state index in [1.165, 1.54) is 0 Å². The van der Waals surface area contributed by atoms with Gasteiger partial charge in [0, 0.05) is 16.6 Å². The van der Waals surface area contributed by atoms with E-state index >= 15 is 0 Å². The van der Waals surface area contributed by atoms with Crippen molar-refractivity contribution in [2.24, 2.45) is 0 Å². The van der Waals surface area contributed by atoms with Gasteiger partial charge in [-0.1, -0.05) is 11.8 Å². The molecule has 2 nitrogen and oxygen atoms in total. The molecule has 1 aromatic rings. The summed E-state index contributed by atoms with van der Waals surface area (Å²) in [7, 11) is 0. The Bertz CT molecular complexity index is 389. The van der Waals surface area contributed by atoms with Gasteiger partial charge in [-0.25, -0.2) is 0 Å².